The highest BCUT2D eigenvalue weighted by molar-refractivity contribution is 5.81. The van der Waals surface area contributed by atoms with Crippen LogP contribution in [0, 0.1) is 18.8 Å². The molecule has 110 valence electrons. The summed E-state index contributed by atoms with van der Waals surface area (Å²) in [5.41, 5.74) is 0. The molecule has 3 rings (SSSR count). The fraction of sp³-hybridized carbons (Fsp3) is 0.688. The Morgan fingerprint density at radius 3 is 2.80 bits per heavy atom. The van der Waals surface area contributed by atoms with E-state index in [0.29, 0.717) is 23.8 Å². The first-order valence-corrected chi connectivity index (χ1v) is 7.71. The highest BCUT2D eigenvalue weighted by Crippen LogP contribution is 2.32. The van der Waals surface area contributed by atoms with E-state index >= 15 is 0 Å². The largest absolute Gasteiger partial charge is 0.465 e. The van der Waals surface area contributed by atoms with Gasteiger partial charge in [0.1, 0.15) is 11.5 Å². The molecule has 2 atom stereocenters. The minimum atomic E-state index is 0.345. The van der Waals surface area contributed by atoms with Crippen LogP contribution in [0.3, 0.4) is 0 Å². The van der Waals surface area contributed by atoms with Gasteiger partial charge >= 0.3 is 0 Å². The molecule has 0 radical (unpaired) electrons. The summed E-state index contributed by atoms with van der Waals surface area (Å²) in [5, 5.41) is 3.57. The zero-order valence-electron chi connectivity index (χ0n) is 12.4. The van der Waals surface area contributed by atoms with Gasteiger partial charge in [-0.3, -0.25) is 4.79 Å². The lowest BCUT2D eigenvalue weighted by molar-refractivity contribution is -0.134. The van der Waals surface area contributed by atoms with Gasteiger partial charge in [-0.15, -0.1) is 0 Å². The molecular formula is C16H24N2O2. The van der Waals surface area contributed by atoms with E-state index in [0.717, 1.165) is 50.4 Å². The first-order chi connectivity index (χ1) is 9.63. The molecule has 4 heteroatoms. The molecular weight excluding hydrogens is 252 g/mol. The maximum absolute atomic E-state index is 12.1. The number of aryl methyl sites for hydroxylation is 1. The molecule has 20 heavy (non-hydrogen) atoms. The van der Waals surface area contributed by atoms with Crippen molar-refractivity contribution in [2.75, 3.05) is 13.1 Å². The molecule has 1 aromatic rings. The molecule has 2 aliphatic rings. The number of furan rings is 1. The summed E-state index contributed by atoms with van der Waals surface area (Å²) in [4.78, 5) is 14.2. The van der Waals surface area contributed by atoms with E-state index in [2.05, 4.69) is 17.1 Å². The van der Waals surface area contributed by atoms with Crippen molar-refractivity contribution >= 4 is 5.91 Å². The van der Waals surface area contributed by atoms with Gasteiger partial charge in [-0.05, 0) is 44.2 Å². The monoisotopic (exact) mass is 276 g/mol. The zero-order valence-corrected chi connectivity index (χ0v) is 12.4. The number of amides is 1. The first-order valence-electron chi connectivity index (χ1n) is 7.71. The van der Waals surface area contributed by atoms with Crippen molar-refractivity contribution in [3.8, 4) is 0 Å². The maximum Gasteiger partial charge on any atom is 0.225 e. The van der Waals surface area contributed by atoms with E-state index in [1.54, 1.807) is 0 Å². The highest BCUT2D eigenvalue weighted by atomic mass is 16.3. The van der Waals surface area contributed by atoms with Crippen LogP contribution < -0.4 is 5.32 Å². The van der Waals surface area contributed by atoms with Crippen LogP contribution in [0.1, 0.15) is 37.7 Å². The smallest absolute Gasteiger partial charge is 0.225 e. The normalized spacial score (nSPS) is 26.8. The summed E-state index contributed by atoms with van der Waals surface area (Å²) in [6.07, 6.45) is 3.24. The van der Waals surface area contributed by atoms with Gasteiger partial charge in [-0.25, -0.2) is 0 Å². The van der Waals surface area contributed by atoms with Gasteiger partial charge in [0, 0.05) is 25.0 Å². The first kappa shape index (κ1) is 13.7. The summed E-state index contributed by atoms with van der Waals surface area (Å²) in [6, 6.07) is 4.50. The number of rotatable bonds is 4. The van der Waals surface area contributed by atoms with Gasteiger partial charge in [0.15, 0.2) is 0 Å². The van der Waals surface area contributed by atoms with E-state index in [1.165, 1.54) is 0 Å². The van der Waals surface area contributed by atoms with Crippen LogP contribution in [-0.2, 0) is 11.3 Å². The number of hydrogen-bond acceptors (Lipinski definition) is 3. The molecule has 1 aliphatic carbocycles. The van der Waals surface area contributed by atoms with Gasteiger partial charge < -0.3 is 14.6 Å². The minimum absolute atomic E-state index is 0.345. The predicted octanol–water partition coefficient (Wildman–Crippen LogP) is 2.32. The summed E-state index contributed by atoms with van der Waals surface area (Å²) in [5.74, 6) is 3.18. The lowest BCUT2D eigenvalue weighted by Crippen LogP contribution is -2.50. The molecule has 1 aromatic heterocycles. The highest BCUT2D eigenvalue weighted by Gasteiger charge is 2.36. The van der Waals surface area contributed by atoms with Gasteiger partial charge in [0.2, 0.25) is 5.91 Å². The van der Waals surface area contributed by atoms with Gasteiger partial charge in [0.05, 0.1) is 6.54 Å². The molecule has 1 saturated carbocycles. The zero-order chi connectivity index (χ0) is 14.1. The van der Waals surface area contributed by atoms with Crippen LogP contribution in [0.2, 0.25) is 0 Å². The third kappa shape index (κ3) is 3.06. The average Bonchev–Trinajstić information content (AvgIpc) is 3.20. The second-order valence-corrected chi connectivity index (χ2v) is 6.32. The van der Waals surface area contributed by atoms with E-state index in [9.17, 15) is 4.79 Å². The lowest BCUT2D eigenvalue weighted by Gasteiger charge is -2.37. The van der Waals surface area contributed by atoms with Crippen molar-refractivity contribution in [1.82, 2.24) is 10.2 Å². The molecule has 0 spiro atoms. The molecule has 4 nitrogen and oxygen atoms in total. The van der Waals surface area contributed by atoms with Crippen molar-refractivity contribution in [2.45, 2.75) is 45.7 Å². The third-order valence-electron chi connectivity index (χ3n) is 4.48. The van der Waals surface area contributed by atoms with Crippen molar-refractivity contribution in [3.63, 3.8) is 0 Å². The topological polar surface area (TPSA) is 45.5 Å². The molecule has 1 amide bonds. The SMILES string of the molecule is Cc1ccc(CN[C@H]2CCN(C(=O)C3CC3)C[C@H]2C)o1. The molecule has 1 aliphatic heterocycles. The summed E-state index contributed by atoms with van der Waals surface area (Å²) in [6.45, 7) is 6.77. The second-order valence-electron chi connectivity index (χ2n) is 6.32. The minimum Gasteiger partial charge on any atom is -0.465 e. The lowest BCUT2D eigenvalue weighted by atomic mass is 9.93. The van der Waals surface area contributed by atoms with Gasteiger partial charge in [0.25, 0.3) is 0 Å². The molecule has 0 aromatic carbocycles. The summed E-state index contributed by atoms with van der Waals surface area (Å²) < 4.78 is 5.58. The van der Waals surface area contributed by atoms with Crippen LogP contribution in [0.5, 0.6) is 0 Å². The number of likely N-dealkylation sites (tertiary alicyclic amines) is 1. The van der Waals surface area contributed by atoms with Crippen LogP contribution >= 0.6 is 0 Å². The number of hydrogen-bond donors (Lipinski definition) is 1. The van der Waals surface area contributed by atoms with Crippen molar-refractivity contribution in [1.29, 1.82) is 0 Å². The Morgan fingerprint density at radius 1 is 1.40 bits per heavy atom. The van der Waals surface area contributed by atoms with Crippen LogP contribution in [0.25, 0.3) is 0 Å². The van der Waals surface area contributed by atoms with Crippen molar-refractivity contribution < 1.29 is 9.21 Å². The van der Waals surface area contributed by atoms with Crippen LogP contribution in [0.15, 0.2) is 16.5 Å². The van der Waals surface area contributed by atoms with E-state index < -0.39 is 0 Å². The molecule has 0 bridgehead atoms. The quantitative estimate of drug-likeness (QED) is 0.918. The number of carbonyl (C=O) groups is 1. The average molecular weight is 276 g/mol. The van der Waals surface area contributed by atoms with Crippen molar-refractivity contribution in [3.05, 3.63) is 23.7 Å². The Balaban J connectivity index is 1.48. The van der Waals surface area contributed by atoms with E-state index in [4.69, 9.17) is 4.42 Å². The molecule has 1 saturated heterocycles. The van der Waals surface area contributed by atoms with E-state index in [-0.39, 0.29) is 0 Å². The fourth-order valence-electron chi connectivity index (χ4n) is 3.05. The Bertz CT molecular complexity index is 479. The summed E-state index contributed by atoms with van der Waals surface area (Å²) >= 11 is 0. The Labute approximate surface area is 120 Å². The fourth-order valence-corrected chi connectivity index (χ4v) is 3.05. The van der Waals surface area contributed by atoms with E-state index in [1.807, 2.05) is 19.1 Å². The number of nitrogens with one attached hydrogen (secondary N) is 1. The Kier molecular flexibility index (Phi) is 3.83. The Hall–Kier alpha value is -1.29. The standard InChI is InChI=1S/C16H24N2O2/c1-11-10-18(16(19)13-4-5-13)8-7-15(11)17-9-14-6-3-12(2)20-14/h3,6,11,13,15,17H,4-5,7-10H2,1-2H3/t11-,15+/m1/s1. The molecule has 2 heterocycles. The van der Waals surface area contributed by atoms with Crippen LogP contribution in [-0.4, -0.2) is 29.9 Å². The van der Waals surface area contributed by atoms with Crippen LogP contribution in [0.4, 0.5) is 0 Å². The maximum atomic E-state index is 12.1. The van der Waals surface area contributed by atoms with Gasteiger partial charge in [-0.1, -0.05) is 6.92 Å². The molecule has 1 N–H and O–H groups in total. The second kappa shape index (κ2) is 5.60. The third-order valence-corrected chi connectivity index (χ3v) is 4.48. The van der Waals surface area contributed by atoms with Gasteiger partial charge in [-0.2, -0.15) is 0 Å². The summed E-state index contributed by atoms with van der Waals surface area (Å²) in [7, 11) is 0. The molecule has 0 unspecified atom stereocenters. The predicted molar refractivity (Wildman–Crippen MR) is 77.2 cm³/mol. The Morgan fingerprint density at radius 2 is 2.20 bits per heavy atom. The van der Waals surface area contributed by atoms with Crippen molar-refractivity contribution in [2.24, 2.45) is 11.8 Å². The number of carbonyl (C=O) groups excluding carboxylic acids is 1. The molecule has 2 fully saturated rings. The number of nitrogens with zero attached hydrogens (tertiary/aromatic N) is 1. The number of piperidine rings is 1.